The maximum atomic E-state index is 13.4. The van der Waals surface area contributed by atoms with Crippen molar-refractivity contribution in [2.75, 3.05) is 31.6 Å². The van der Waals surface area contributed by atoms with Crippen molar-refractivity contribution in [2.24, 2.45) is 0 Å². The van der Waals surface area contributed by atoms with Gasteiger partial charge in [-0.3, -0.25) is 4.79 Å². The first-order chi connectivity index (χ1) is 20.3. The van der Waals surface area contributed by atoms with Crippen LogP contribution in [0, 0.1) is 0 Å². The number of nitrogens with one attached hydrogen (secondary N) is 1. The molecule has 0 radical (unpaired) electrons. The summed E-state index contributed by atoms with van der Waals surface area (Å²) in [6.45, 7) is 3.89. The molecule has 1 aromatic heterocycles. The molecule has 1 amide bonds. The van der Waals surface area contributed by atoms with Gasteiger partial charge in [0.15, 0.2) is 0 Å². The summed E-state index contributed by atoms with van der Waals surface area (Å²) in [7, 11) is 0. The monoisotopic (exact) mass is 572 g/mol. The van der Waals surface area contributed by atoms with Crippen LogP contribution in [0.1, 0.15) is 51.3 Å². The Morgan fingerprint density at radius 1 is 0.976 bits per heavy atom. The lowest BCUT2D eigenvalue weighted by Gasteiger charge is -2.14. The van der Waals surface area contributed by atoms with E-state index in [4.69, 9.17) is 4.74 Å². The fourth-order valence-electron chi connectivity index (χ4n) is 5.57. The number of aromatic nitrogens is 2. The van der Waals surface area contributed by atoms with Gasteiger partial charge in [-0.25, -0.2) is 9.97 Å². The minimum atomic E-state index is -4.44. The van der Waals surface area contributed by atoms with Gasteiger partial charge in [-0.1, -0.05) is 30.3 Å². The van der Waals surface area contributed by atoms with Crippen molar-refractivity contribution in [3.8, 4) is 17.0 Å². The van der Waals surface area contributed by atoms with E-state index >= 15 is 0 Å². The van der Waals surface area contributed by atoms with E-state index in [9.17, 15) is 18.0 Å². The number of hydrogen-bond donors (Lipinski definition) is 1. The second-order valence-electron chi connectivity index (χ2n) is 10.8. The molecule has 0 unspecified atom stereocenters. The van der Waals surface area contributed by atoms with Crippen LogP contribution in [-0.2, 0) is 25.4 Å². The zero-order chi connectivity index (χ0) is 29.1. The van der Waals surface area contributed by atoms with Gasteiger partial charge >= 0.3 is 6.18 Å². The second kappa shape index (κ2) is 11.9. The van der Waals surface area contributed by atoms with Gasteiger partial charge in [0.05, 0.1) is 23.4 Å². The van der Waals surface area contributed by atoms with Crippen molar-refractivity contribution < 1.29 is 22.7 Å². The van der Waals surface area contributed by atoms with E-state index < -0.39 is 11.7 Å². The highest BCUT2D eigenvalue weighted by molar-refractivity contribution is 6.06. The number of benzene rings is 3. The van der Waals surface area contributed by atoms with Crippen molar-refractivity contribution in [3.05, 3.63) is 107 Å². The number of likely N-dealkylation sites (tertiary alicyclic amines) is 1. The molecule has 2 aliphatic heterocycles. The Labute approximate surface area is 242 Å². The Morgan fingerprint density at radius 2 is 1.79 bits per heavy atom. The molecule has 3 heterocycles. The molecule has 6 nitrogen and oxygen atoms in total. The highest BCUT2D eigenvalue weighted by Gasteiger charge is 2.30. The summed E-state index contributed by atoms with van der Waals surface area (Å²) >= 11 is 0. The van der Waals surface area contributed by atoms with Crippen LogP contribution in [-0.4, -0.2) is 47.0 Å². The van der Waals surface area contributed by atoms with E-state index in [0.29, 0.717) is 53.5 Å². The van der Waals surface area contributed by atoms with E-state index in [-0.39, 0.29) is 5.91 Å². The highest BCUT2D eigenvalue weighted by Crippen LogP contribution is 2.34. The molecular weight excluding hydrogens is 541 g/mol. The molecule has 1 N–H and O–H groups in total. The molecule has 42 heavy (non-hydrogen) atoms. The number of ether oxygens (including phenoxy) is 1. The average molecular weight is 573 g/mol. The molecule has 0 saturated carbocycles. The van der Waals surface area contributed by atoms with Crippen LogP contribution in [0.25, 0.3) is 11.3 Å². The molecule has 3 aromatic carbocycles. The van der Waals surface area contributed by atoms with Crippen LogP contribution in [0.4, 0.5) is 18.9 Å². The predicted octanol–water partition coefficient (Wildman–Crippen LogP) is 6.58. The molecule has 9 heteroatoms. The molecule has 6 rings (SSSR count). The van der Waals surface area contributed by atoms with E-state index in [1.807, 2.05) is 18.2 Å². The number of carbonyl (C=O) groups excluding carboxylic acids is 1. The van der Waals surface area contributed by atoms with Gasteiger partial charge in [0, 0.05) is 36.8 Å². The van der Waals surface area contributed by atoms with Crippen LogP contribution in [0.5, 0.6) is 5.75 Å². The Bertz CT molecular complexity index is 1580. The van der Waals surface area contributed by atoms with Crippen molar-refractivity contribution in [3.63, 3.8) is 0 Å². The molecule has 0 atom stereocenters. The molecule has 216 valence electrons. The van der Waals surface area contributed by atoms with Crippen molar-refractivity contribution in [2.45, 2.75) is 38.3 Å². The molecule has 0 spiro atoms. The summed E-state index contributed by atoms with van der Waals surface area (Å²) in [6, 6.07) is 18.4. The van der Waals surface area contributed by atoms with E-state index in [2.05, 4.69) is 32.3 Å². The fraction of sp³-hybridized carbons (Fsp3) is 0.303. The molecule has 4 aromatic rings. The summed E-state index contributed by atoms with van der Waals surface area (Å²) in [6.07, 6.45) is 1.63. The standard InChI is InChI=1S/C33H31F3N4O2/c34-33(35,36)26-5-3-4-24(21-26)29-10-13-37-30(39-29)20-23-18-25-12-17-42-31(25)28(19-23)32(41)38-27-8-6-22(7-9-27)11-16-40-14-1-2-15-40/h3-10,13,18-19,21H,1-2,11-12,14-17,20H2,(H,38,41). The highest BCUT2D eigenvalue weighted by atomic mass is 19.4. The lowest BCUT2D eigenvalue weighted by Crippen LogP contribution is -2.21. The number of amides is 1. The van der Waals surface area contributed by atoms with Gasteiger partial charge in [0.25, 0.3) is 5.91 Å². The van der Waals surface area contributed by atoms with Gasteiger partial charge in [-0.15, -0.1) is 0 Å². The zero-order valence-electron chi connectivity index (χ0n) is 23.1. The number of halogens is 3. The number of alkyl halides is 3. The van der Waals surface area contributed by atoms with Gasteiger partial charge in [0.1, 0.15) is 11.6 Å². The lowest BCUT2D eigenvalue weighted by molar-refractivity contribution is -0.137. The normalized spacial score (nSPS) is 14.9. The fourth-order valence-corrected chi connectivity index (χ4v) is 5.57. The minimum absolute atomic E-state index is 0.265. The van der Waals surface area contributed by atoms with Crippen LogP contribution in [0.2, 0.25) is 0 Å². The van der Waals surface area contributed by atoms with Gasteiger partial charge in [-0.2, -0.15) is 13.2 Å². The quantitative estimate of drug-likeness (QED) is 0.258. The molecular formula is C33H31F3N4O2. The van der Waals surface area contributed by atoms with Gasteiger partial charge in [-0.05, 0) is 85.4 Å². The molecule has 1 saturated heterocycles. The first-order valence-electron chi connectivity index (χ1n) is 14.2. The molecule has 1 fully saturated rings. The van der Waals surface area contributed by atoms with Crippen LogP contribution in [0.3, 0.4) is 0 Å². The van der Waals surface area contributed by atoms with Crippen molar-refractivity contribution >= 4 is 11.6 Å². The Morgan fingerprint density at radius 3 is 2.57 bits per heavy atom. The zero-order valence-corrected chi connectivity index (χ0v) is 23.1. The van der Waals surface area contributed by atoms with E-state index in [1.165, 1.54) is 43.8 Å². The van der Waals surface area contributed by atoms with Crippen LogP contribution in [0.15, 0.2) is 72.9 Å². The lowest BCUT2D eigenvalue weighted by atomic mass is 10.00. The number of nitrogens with zero attached hydrogens (tertiary/aromatic N) is 3. The third-order valence-electron chi connectivity index (χ3n) is 7.77. The third kappa shape index (κ3) is 6.46. The van der Waals surface area contributed by atoms with Gasteiger partial charge in [0.2, 0.25) is 0 Å². The summed E-state index contributed by atoms with van der Waals surface area (Å²) < 4.78 is 45.5. The largest absolute Gasteiger partial charge is 0.492 e. The number of fused-ring (bicyclic) bond motifs is 1. The maximum absolute atomic E-state index is 13.4. The second-order valence-corrected chi connectivity index (χ2v) is 10.8. The van der Waals surface area contributed by atoms with Gasteiger partial charge < -0.3 is 15.0 Å². The van der Waals surface area contributed by atoms with Crippen LogP contribution < -0.4 is 10.1 Å². The molecule has 2 aliphatic rings. The number of hydrogen-bond acceptors (Lipinski definition) is 5. The summed E-state index contributed by atoms with van der Waals surface area (Å²) in [5, 5.41) is 3.00. The predicted molar refractivity (Wildman–Crippen MR) is 155 cm³/mol. The molecule has 0 bridgehead atoms. The minimum Gasteiger partial charge on any atom is -0.492 e. The Kier molecular flexibility index (Phi) is 7.93. The summed E-state index contributed by atoms with van der Waals surface area (Å²) in [4.78, 5) is 24.8. The Balaban J connectivity index is 1.18. The first-order valence-corrected chi connectivity index (χ1v) is 14.2. The number of anilines is 1. The number of rotatable bonds is 8. The van der Waals surface area contributed by atoms with Crippen LogP contribution >= 0.6 is 0 Å². The van der Waals surface area contributed by atoms with Crippen molar-refractivity contribution in [1.82, 2.24) is 14.9 Å². The SMILES string of the molecule is O=C(Nc1ccc(CCN2CCCC2)cc1)c1cc(Cc2nccc(-c3cccc(C(F)(F)F)c3)n2)cc2c1OCC2. The Hall–Kier alpha value is -4.24. The summed E-state index contributed by atoms with van der Waals surface area (Å²) in [5.41, 5.74) is 4.16. The summed E-state index contributed by atoms with van der Waals surface area (Å²) in [5.74, 6) is 0.759. The molecule has 0 aliphatic carbocycles. The van der Waals surface area contributed by atoms with E-state index in [0.717, 1.165) is 36.2 Å². The maximum Gasteiger partial charge on any atom is 0.416 e. The van der Waals surface area contributed by atoms with Crippen molar-refractivity contribution in [1.29, 1.82) is 0 Å². The topological polar surface area (TPSA) is 67.4 Å². The smallest absolute Gasteiger partial charge is 0.416 e. The first kappa shape index (κ1) is 27.9. The third-order valence-corrected chi connectivity index (χ3v) is 7.77. The van der Waals surface area contributed by atoms with E-state index in [1.54, 1.807) is 18.2 Å². The average Bonchev–Trinajstić information content (AvgIpc) is 3.69. The number of carbonyl (C=O) groups is 1.